The summed E-state index contributed by atoms with van der Waals surface area (Å²) >= 11 is 0. The van der Waals surface area contributed by atoms with Gasteiger partial charge in [-0.05, 0) is 49.0 Å². The van der Waals surface area contributed by atoms with Gasteiger partial charge in [-0.2, -0.15) is 0 Å². The van der Waals surface area contributed by atoms with Crippen LogP contribution in [0.4, 0.5) is 0 Å². The van der Waals surface area contributed by atoms with Crippen molar-refractivity contribution in [3.63, 3.8) is 0 Å². The highest BCUT2D eigenvalue weighted by molar-refractivity contribution is 5.93. The lowest BCUT2D eigenvalue weighted by Gasteiger charge is -2.14. The van der Waals surface area contributed by atoms with Crippen LogP contribution in [-0.2, 0) is 13.1 Å². The molecule has 3 aromatic rings. The largest absolute Gasteiger partial charge is 0.497 e. The number of aromatic nitrogens is 1. The van der Waals surface area contributed by atoms with Crippen LogP contribution in [0.5, 0.6) is 5.75 Å². The number of rotatable bonds is 7. The van der Waals surface area contributed by atoms with Gasteiger partial charge in [-0.1, -0.05) is 12.1 Å². The predicted octanol–water partition coefficient (Wildman–Crippen LogP) is 3.34. The van der Waals surface area contributed by atoms with Crippen LogP contribution in [0.3, 0.4) is 0 Å². The van der Waals surface area contributed by atoms with Gasteiger partial charge >= 0.3 is 0 Å². The van der Waals surface area contributed by atoms with E-state index in [0.717, 1.165) is 29.2 Å². The van der Waals surface area contributed by atoms with Crippen LogP contribution in [0.1, 0.15) is 21.8 Å². The Kier molecular flexibility index (Phi) is 5.88. The summed E-state index contributed by atoms with van der Waals surface area (Å²) in [5.74, 6) is 2.11. The molecule has 27 heavy (non-hydrogen) atoms. The Morgan fingerprint density at radius 3 is 2.44 bits per heavy atom. The first kappa shape index (κ1) is 18.7. The third-order valence-electron chi connectivity index (χ3n) is 4.23. The second kappa shape index (κ2) is 8.51. The van der Waals surface area contributed by atoms with Gasteiger partial charge in [0.2, 0.25) is 5.89 Å². The number of hydrogen-bond acceptors (Lipinski definition) is 5. The summed E-state index contributed by atoms with van der Waals surface area (Å²) in [7, 11) is 5.27. The zero-order valence-electron chi connectivity index (χ0n) is 15.7. The molecule has 0 saturated carbocycles. The van der Waals surface area contributed by atoms with Crippen LogP contribution >= 0.6 is 0 Å². The molecule has 1 amide bonds. The topological polar surface area (TPSA) is 67.6 Å². The number of carbonyl (C=O) groups excluding carboxylic acids is 1. The Hall–Kier alpha value is -3.12. The molecule has 0 aliphatic rings. The molecular weight excluding hydrogens is 342 g/mol. The average molecular weight is 365 g/mol. The van der Waals surface area contributed by atoms with Crippen molar-refractivity contribution in [2.24, 2.45) is 0 Å². The Labute approximate surface area is 158 Å². The molecule has 2 aromatic carbocycles. The lowest BCUT2D eigenvalue weighted by Crippen LogP contribution is -2.19. The molecule has 0 spiro atoms. The van der Waals surface area contributed by atoms with Crippen molar-refractivity contribution in [2.75, 3.05) is 21.2 Å². The van der Waals surface area contributed by atoms with Crippen molar-refractivity contribution in [1.82, 2.24) is 15.2 Å². The van der Waals surface area contributed by atoms with Gasteiger partial charge in [0.05, 0.1) is 19.9 Å². The molecule has 6 nitrogen and oxygen atoms in total. The minimum absolute atomic E-state index is 0.0826. The minimum Gasteiger partial charge on any atom is -0.497 e. The van der Waals surface area contributed by atoms with E-state index in [1.54, 1.807) is 20.4 Å². The minimum atomic E-state index is -0.0826. The second-order valence-electron chi connectivity index (χ2n) is 6.30. The zero-order valence-corrected chi connectivity index (χ0v) is 15.7. The standard InChI is InChI=1S/C21H23N3O3/c1-22-21(25)17-6-4-15(5-7-17)13-24(2)14-20-23-12-19(27-20)16-8-10-18(26-3)11-9-16/h4-12H,13-14H2,1-3H3,(H,22,25). The van der Waals surface area contributed by atoms with Crippen LogP contribution in [0.25, 0.3) is 11.3 Å². The van der Waals surface area contributed by atoms with E-state index in [4.69, 9.17) is 9.15 Å². The fourth-order valence-electron chi connectivity index (χ4n) is 2.78. The van der Waals surface area contributed by atoms with Crippen LogP contribution in [0.15, 0.2) is 59.1 Å². The van der Waals surface area contributed by atoms with Crippen LogP contribution < -0.4 is 10.1 Å². The highest BCUT2D eigenvalue weighted by Gasteiger charge is 2.10. The summed E-state index contributed by atoms with van der Waals surface area (Å²) in [6.07, 6.45) is 1.74. The molecule has 0 bridgehead atoms. The highest BCUT2D eigenvalue weighted by Crippen LogP contribution is 2.23. The van der Waals surface area contributed by atoms with E-state index in [1.165, 1.54) is 0 Å². The molecule has 0 radical (unpaired) electrons. The maximum atomic E-state index is 11.6. The number of amides is 1. The second-order valence-corrected chi connectivity index (χ2v) is 6.30. The Morgan fingerprint density at radius 2 is 1.81 bits per heavy atom. The maximum absolute atomic E-state index is 11.6. The van der Waals surface area contributed by atoms with Gasteiger partial charge in [0.25, 0.3) is 5.91 Å². The molecule has 0 aliphatic carbocycles. The van der Waals surface area contributed by atoms with Gasteiger partial charge in [-0.25, -0.2) is 4.98 Å². The number of oxazole rings is 1. The van der Waals surface area contributed by atoms with Gasteiger partial charge < -0.3 is 14.5 Å². The molecule has 1 aromatic heterocycles. The fraction of sp³-hybridized carbons (Fsp3) is 0.238. The van der Waals surface area contributed by atoms with Crippen molar-refractivity contribution < 1.29 is 13.9 Å². The third kappa shape index (κ3) is 4.74. The number of nitrogens with zero attached hydrogens (tertiary/aromatic N) is 2. The van der Waals surface area contributed by atoms with Gasteiger partial charge in [-0.15, -0.1) is 0 Å². The van der Waals surface area contributed by atoms with E-state index in [2.05, 4.69) is 15.2 Å². The summed E-state index contributed by atoms with van der Waals surface area (Å²) < 4.78 is 11.0. The molecule has 1 N–H and O–H groups in total. The molecule has 6 heteroatoms. The average Bonchev–Trinajstić information content (AvgIpc) is 3.16. The summed E-state index contributed by atoms with van der Waals surface area (Å²) in [6.45, 7) is 1.32. The maximum Gasteiger partial charge on any atom is 0.251 e. The molecule has 3 rings (SSSR count). The summed E-state index contributed by atoms with van der Waals surface area (Å²) in [4.78, 5) is 18.1. The fourth-order valence-corrected chi connectivity index (χ4v) is 2.78. The summed E-state index contributed by atoms with van der Waals surface area (Å²) in [5, 5.41) is 2.62. The van der Waals surface area contributed by atoms with Gasteiger partial charge in [0.15, 0.2) is 5.76 Å². The molecular formula is C21H23N3O3. The number of hydrogen-bond donors (Lipinski definition) is 1. The molecule has 0 fully saturated rings. The van der Waals surface area contributed by atoms with Crippen molar-refractivity contribution in [2.45, 2.75) is 13.1 Å². The van der Waals surface area contributed by atoms with E-state index < -0.39 is 0 Å². The Bertz CT molecular complexity index is 886. The van der Waals surface area contributed by atoms with Crippen molar-refractivity contribution in [3.05, 3.63) is 71.7 Å². The quantitative estimate of drug-likeness (QED) is 0.695. The number of carbonyl (C=O) groups is 1. The first-order chi connectivity index (χ1) is 13.1. The van der Waals surface area contributed by atoms with Crippen molar-refractivity contribution in [3.8, 4) is 17.1 Å². The Balaban J connectivity index is 1.60. The van der Waals surface area contributed by atoms with Crippen LogP contribution in [0, 0.1) is 0 Å². The molecule has 1 heterocycles. The van der Waals surface area contributed by atoms with E-state index in [0.29, 0.717) is 18.0 Å². The monoisotopic (exact) mass is 365 g/mol. The van der Waals surface area contributed by atoms with E-state index in [1.807, 2.05) is 55.6 Å². The Morgan fingerprint density at radius 1 is 1.11 bits per heavy atom. The number of benzene rings is 2. The van der Waals surface area contributed by atoms with E-state index in [9.17, 15) is 4.79 Å². The number of nitrogens with one attached hydrogen (secondary N) is 1. The molecule has 0 aliphatic heterocycles. The molecule has 0 saturated heterocycles. The van der Waals surface area contributed by atoms with Gasteiger partial charge in [0, 0.05) is 24.7 Å². The summed E-state index contributed by atoms with van der Waals surface area (Å²) in [5.41, 5.74) is 2.73. The van der Waals surface area contributed by atoms with E-state index in [-0.39, 0.29) is 5.91 Å². The van der Waals surface area contributed by atoms with Gasteiger partial charge in [-0.3, -0.25) is 9.69 Å². The van der Waals surface area contributed by atoms with Crippen molar-refractivity contribution >= 4 is 5.91 Å². The number of methoxy groups -OCH3 is 1. The van der Waals surface area contributed by atoms with Gasteiger partial charge in [0.1, 0.15) is 5.75 Å². The molecule has 0 unspecified atom stereocenters. The first-order valence-corrected chi connectivity index (χ1v) is 8.67. The zero-order chi connectivity index (χ0) is 19.2. The van der Waals surface area contributed by atoms with Crippen LogP contribution in [-0.4, -0.2) is 37.0 Å². The smallest absolute Gasteiger partial charge is 0.251 e. The van der Waals surface area contributed by atoms with Crippen molar-refractivity contribution in [1.29, 1.82) is 0 Å². The van der Waals surface area contributed by atoms with Crippen LogP contribution in [0.2, 0.25) is 0 Å². The normalized spacial score (nSPS) is 10.8. The summed E-state index contributed by atoms with van der Waals surface area (Å²) in [6, 6.07) is 15.3. The predicted molar refractivity (Wildman–Crippen MR) is 103 cm³/mol. The lowest BCUT2D eigenvalue weighted by molar-refractivity contribution is 0.0963. The first-order valence-electron chi connectivity index (χ1n) is 8.67. The van der Waals surface area contributed by atoms with E-state index >= 15 is 0 Å². The lowest BCUT2D eigenvalue weighted by atomic mass is 10.1. The number of ether oxygens (including phenoxy) is 1. The SMILES string of the molecule is CNC(=O)c1ccc(CN(C)Cc2ncc(-c3ccc(OC)cc3)o2)cc1. The molecule has 140 valence electrons. The molecule has 0 atom stereocenters. The highest BCUT2D eigenvalue weighted by atomic mass is 16.5. The third-order valence-corrected chi connectivity index (χ3v) is 4.23.